The minimum absolute atomic E-state index is 0.143. The Kier molecular flexibility index (Phi) is 4.26. The maximum atomic E-state index is 13.0. The van der Waals surface area contributed by atoms with E-state index in [1.165, 1.54) is 11.0 Å². The Morgan fingerprint density at radius 3 is 2.31 bits per heavy atom. The van der Waals surface area contributed by atoms with E-state index in [1.807, 2.05) is 0 Å². The number of fused-ring (bicyclic) bond motifs is 5. The number of benzene rings is 2. The first-order valence-corrected chi connectivity index (χ1v) is 10.1. The molecule has 146 valence electrons. The zero-order chi connectivity index (χ0) is 20.3. The second-order valence-corrected chi connectivity index (χ2v) is 8.48. The van der Waals surface area contributed by atoms with Gasteiger partial charge in [-0.15, -0.1) is 0 Å². The predicted octanol–water partition coefficient (Wildman–Crippen LogP) is 4.56. The van der Waals surface area contributed by atoms with Crippen LogP contribution >= 0.6 is 23.2 Å². The zero-order valence-electron chi connectivity index (χ0n) is 15.1. The molecule has 4 atom stereocenters. The van der Waals surface area contributed by atoms with Gasteiger partial charge in [-0.3, -0.25) is 14.4 Å². The summed E-state index contributed by atoms with van der Waals surface area (Å²) in [7, 11) is 0. The van der Waals surface area contributed by atoms with Crippen molar-refractivity contribution in [1.82, 2.24) is 0 Å². The largest absolute Gasteiger partial charge is 0.321 e. The second-order valence-electron chi connectivity index (χ2n) is 7.64. The predicted molar refractivity (Wildman–Crippen MR) is 111 cm³/mol. The first-order chi connectivity index (χ1) is 13.9. The van der Waals surface area contributed by atoms with Crippen molar-refractivity contribution < 1.29 is 14.4 Å². The molecule has 1 N–H and O–H groups in total. The quantitative estimate of drug-likeness (QED) is 0.577. The third-order valence-electron chi connectivity index (χ3n) is 6.02. The number of rotatable bonds is 3. The van der Waals surface area contributed by atoms with Crippen molar-refractivity contribution in [3.05, 3.63) is 70.2 Å². The lowest BCUT2D eigenvalue weighted by molar-refractivity contribution is -0.123. The summed E-state index contributed by atoms with van der Waals surface area (Å²) in [4.78, 5) is 39.9. The normalized spacial score (nSPS) is 26.9. The SMILES string of the molecule is O=C(Nc1ccc(Cl)cc1Cl)c1cccc(N2C(=O)[C@H]3[C@H](C2=O)[C@H]2C=C[C@H]3C2)c1. The molecule has 2 aromatic carbocycles. The van der Waals surface area contributed by atoms with E-state index in [9.17, 15) is 14.4 Å². The Labute approximate surface area is 177 Å². The zero-order valence-corrected chi connectivity index (χ0v) is 16.7. The number of carbonyl (C=O) groups is 3. The number of allylic oxidation sites excluding steroid dienone is 2. The van der Waals surface area contributed by atoms with Crippen molar-refractivity contribution in [3.8, 4) is 0 Å². The average molecular weight is 427 g/mol. The van der Waals surface area contributed by atoms with Crippen LogP contribution in [0, 0.1) is 23.7 Å². The Hall–Kier alpha value is -2.63. The summed E-state index contributed by atoms with van der Waals surface area (Å²) in [6.45, 7) is 0. The van der Waals surface area contributed by atoms with Gasteiger partial charge < -0.3 is 5.32 Å². The van der Waals surface area contributed by atoms with Gasteiger partial charge in [0.1, 0.15) is 0 Å². The van der Waals surface area contributed by atoms with Gasteiger partial charge in [-0.1, -0.05) is 41.4 Å². The molecule has 2 aliphatic carbocycles. The Balaban J connectivity index is 1.41. The highest BCUT2D eigenvalue weighted by molar-refractivity contribution is 6.36. The average Bonchev–Trinajstić information content (AvgIpc) is 3.38. The molecule has 7 heteroatoms. The molecule has 5 nitrogen and oxygen atoms in total. The number of halogens is 2. The van der Waals surface area contributed by atoms with Crippen LogP contribution in [-0.2, 0) is 9.59 Å². The van der Waals surface area contributed by atoms with Gasteiger partial charge in [-0.2, -0.15) is 0 Å². The van der Waals surface area contributed by atoms with E-state index in [1.54, 1.807) is 36.4 Å². The third kappa shape index (κ3) is 2.88. The monoisotopic (exact) mass is 426 g/mol. The molecule has 0 unspecified atom stereocenters. The van der Waals surface area contributed by atoms with Crippen LogP contribution in [0.2, 0.25) is 10.0 Å². The summed E-state index contributed by atoms with van der Waals surface area (Å²) in [5.41, 5.74) is 1.17. The van der Waals surface area contributed by atoms with Gasteiger partial charge in [0.2, 0.25) is 11.8 Å². The highest BCUT2D eigenvalue weighted by Crippen LogP contribution is 2.53. The second kappa shape index (κ2) is 6.71. The molecule has 0 radical (unpaired) electrons. The number of anilines is 2. The number of nitrogens with one attached hydrogen (secondary N) is 1. The molecule has 1 heterocycles. The maximum absolute atomic E-state index is 13.0. The van der Waals surface area contributed by atoms with Crippen molar-refractivity contribution in [2.75, 3.05) is 10.2 Å². The third-order valence-corrected chi connectivity index (χ3v) is 6.56. The topological polar surface area (TPSA) is 66.5 Å². The number of hydrogen-bond acceptors (Lipinski definition) is 3. The molecule has 3 amide bonds. The number of hydrogen-bond donors (Lipinski definition) is 1. The van der Waals surface area contributed by atoms with Gasteiger partial charge in [0, 0.05) is 10.6 Å². The van der Waals surface area contributed by atoms with E-state index in [-0.39, 0.29) is 35.5 Å². The molecule has 1 saturated carbocycles. The number of nitrogens with zero attached hydrogens (tertiary/aromatic N) is 1. The fourth-order valence-electron chi connectivity index (χ4n) is 4.73. The molecule has 1 saturated heterocycles. The molecule has 1 aliphatic heterocycles. The summed E-state index contributed by atoms with van der Waals surface area (Å²) >= 11 is 12.0. The molecule has 5 rings (SSSR count). The Morgan fingerprint density at radius 2 is 1.66 bits per heavy atom. The summed E-state index contributed by atoms with van der Waals surface area (Å²) in [5, 5.41) is 3.52. The highest BCUT2D eigenvalue weighted by Gasteiger charge is 2.59. The van der Waals surface area contributed by atoms with Crippen LogP contribution in [0.25, 0.3) is 0 Å². The van der Waals surface area contributed by atoms with Crippen molar-refractivity contribution in [3.63, 3.8) is 0 Å². The van der Waals surface area contributed by atoms with Gasteiger partial charge in [-0.05, 0) is 54.7 Å². The van der Waals surface area contributed by atoms with E-state index in [2.05, 4.69) is 17.5 Å². The Bertz CT molecular complexity index is 1070. The molecular weight excluding hydrogens is 411 g/mol. The fraction of sp³-hybridized carbons (Fsp3) is 0.227. The van der Waals surface area contributed by atoms with Crippen LogP contribution < -0.4 is 10.2 Å². The maximum Gasteiger partial charge on any atom is 0.255 e. The number of carbonyl (C=O) groups excluding carboxylic acids is 3. The molecule has 2 aromatic rings. The fourth-order valence-corrected chi connectivity index (χ4v) is 5.18. The van der Waals surface area contributed by atoms with E-state index in [4.69, 9.17) is 23.2 Å². The van der Waals surface area contributed by atoms with Gasteiger partial charge in [0.25, 0.3) is 5.91 Å². The molecule has 3 aliphatic rings. The lowest BCUT2D eigenvalue weighted by Crippen LogP contribution is -2.33. The first-order valence-electron chi connectivity index (χ1n) is 9.36. The van der Waals surface area contributed by atoms with Crippen molar-refractivity contribution in [1.29, 1.82) is 0 Å². The lowest BCUT2D eigenvalue weighted by atomic mass is 9.85. The molecule has 2 bridgehead atoms. The summed E-state index contributed by atoms with van der Waals surface area (Å²) < 4.78 is 0. The minimum Gasteiger partial charge on any atom is -0.321 e. The van der Waals surface area contributed by atoms with Crippen LogP contribution in [-0.4, -0.2) is 17.7 Å². The smallest absolute Gasteiger partial charge is 0.255 e. The molecule has 0 spiro atoms. The van der Waals surface area contributed by atoms with E-state index >= 15 is 0 Å². The number of amides is 3. The summed E-state index contributed by atoms with van der Waals surface area (Å²) in [6.07, 6.45) is 4.99. The standard InChI is InChI=1S/C22H16Cl2N2O3/c23-14-6-7-17(16(24)10-14)25-20(27)13-2-1-3-15(9-13)26-21(28)18-11-4-5-12(8-11)19(18)22(26)29/h1-7,9-12,18-19H,8H2,(H,25,27)/t11-,12-,18+,19+/m0/s1. The van der Waals surface area contributed by atoms with Gasteiger partial charge in [0.05, 0.1) is 28.2 Å². The first kappa shape index (κ1) is 18.4. The van der Waals surface area contributed by atoms with Crippen molar-refractivity contribution in [2.24, 2.45) is 23.7 Å². The van der Waals surface area contributed by atoms with E-state index < -0.39 is 5.91 Å². The van der Waals surface area contributed by atoms with Crippen LogP contribution in [0.3, 0.4) is 0 Å². The molecular formula is C22H16Cl2N2O3. The number of imide groups is 1. The molecule has 0 aromatic heterocycles. The molecule has 29 heavy (non-hydrogen) atoms. The molecule has 2 fully saturated rings. The van der Waals surface area contributed by atoms with Crippen LogP contribution in [0.5, 0.6) is 0 Å². The van der Waals surface area contributed by atoms with Gasteiger partial charge in [-0.25, -0.2) is 4.90 Å². The van der Waals surface area contributed by atoms with Gasteiger partial charge >= 0.3 is 0 Å². The Morgan fingerprint density at radius 1 is 0.966 bits per heavy atom. The van der Waals surface area contributed by atoms with Crippen molar-refractivity contribution in [2.45, 2.75) is 6.42 Å². The summed E-state index contributed by atoms with van der Waals surface area (Å²) in [5.74, 6) is -0.997. The van der Waals surface area contributed by atoms with Gasteiger partial charge in [0.15, 0.2) is 0 Å². The van der Waals surface area contributed by atoms with E-state index in [0.717, 1.165) is 6.42 Å². The van der Waals surface area contributed by atoms with E-state index in [0.29, 0.717) is 27.0 Å². The van der Waals surface area contributed by atoms with Crippen molar-refractivity contribution >= 4 is 52.3 Å². The van der Waals surface area contributed by atoms with Crippen LogP contribution in [0.4, 0.5) is 11.4 Å². The minimum atomic E-state index is -0.392. The van der Waals surface area contributed by atoms with Crippen LogP contribution in [0.1, 0.15) is 16.8 Å². The highest BCUT2D eigenvalue weighted by atomic mass is 35.5. The summed E-state index contributed by atoms with van der Waals surface area (Å²) in [6, 6.07) is 11.3. The van der Waals surface area contributed by atoms with Crippen LogP contribution in [0.15, 0.2) is 54.6 Å². The lowest BCUT2D eigenvalue weighted by Gasteiger charge is -2.18.